The summed E-state index contributed by atoms with van der Waals surface area (Å²) in [5.74, 6) is -0.522. The number of primary amides is 1. The summed E-state index contributed by atoms with van der Waals surface area (Å²) >= 11 is 0. The van der Waals surface area contributed by atoms with Gasteiger partial charge in [0.15, 0.2) is 0 Å². The summed E-state index contributed by atoms with van der Waals surface area (Å²) in [6.45, 7) is 1.99. The van der Waals surface area contributed by atoms with Crippen LogP contribution >= 0.6 is 0 Å². The summed E-state index contributed by atoms with van der Waals surface area (Å²) in [4.78, 5) is 12.6. The molecule has 0 saturated carbocycles. The maximum atomic E-state index is 10.8. The lowest BCUT2D eigenvalue weighted by Crippen LogP contribution is -2.51. The Bertz CT molecular complexity index is 241. The van der Waals surface area contributed by atoms with Crippen molar-refractivity contribution in [3.63, 3.8) is 0 Å². The Kier molecular flexibility index (Phi) is 4.67. The molecule has 16 heavy (non-hydrogen) atoms. The number of aliphatic hydroxyl groups is 1. The molecule has 94 valence electrons. The van der Waals surface area contributed by atoms with Crippen molar-refractivity contribution in [2.24, 2.45) is 11.5 Å². The van der Waals surface area contributed by atoms with Crippen LogP contribution in [-0.4, -0.2) is 60.9 Å². The van der Waals surface area contributed by atoms with Crippen LogP contribution in [0.25, 0.3) is 0 Å². The topological polar surface area (TPSA) is 102 Å². The van der Waals surface area contributed by atoms with E-state index in [4.69, 9.17) is 16.2 Å². The molecule has 1 fully saturated rings. The van der Waals surface area contributed by atoms with E-state index in [0.717, 1.165) is 0 Å². The quantitative estimate of drug-likeness (QED) is 0.522. The fourth-order valence-corrected chi connectivity index (χ4v) is 1.90. The number of rotatable bonds is 5. The number of carbonyl (C=O) groups excluding carboxylic acids is 1. The highest BCUT2D eigenvalue weighted by Crippen LogP contribution is 2.21. The number of amides is 1. The monoisotopic (exact) mass is 231 g/mol. The second-order valence-corrected chi connectivity index (χ2v) is 4.54. The summed E-state index contributed by atoms with van der Waals surface area (Å²) in [6, 6.07) is -0.687. The molecule has 1 aliphatic rings. The van der Waals surface area contributed by atoms with Gasteiger partial charge in [0.1, 0.15) is 0 Å². The molecule has 1 aliphatic heterocycles. The average Bonchev–Trinajstić information content (AvgIpc) is 2.17. The zero-order chi connectivity index (χ0) is 12.2. The zero-order valence-corrected chi connectivity index (χ0v) is 9.69. The van der Waals surface area contributed by atoms with E-state index in [1.165, 1.54) is 0 Å². The van der Waals surface area contributed by atoms with Crippen molar-refractivity contribution in [2.75, 3.05) is 33.4 Å². The molecular weight excluding hydrogens is 210 g/mol. The smallest absolute Gasteiger partial charge is 0.235 e. The highest BCUT2D eigenvalue weighted by molar-refractivity contribution is 5.79. The van der Waals surface area contributed by atoms with Crippen LogP contribution in [0.2, 0.25) is 0 Å². The van der Waals surface area contributed by atoms with Gasteiger partial charge in [0.25, 0.3) is 0 Å². The van der Waals surface area contributed by atoms with E-state index >= 15 is 0 Å². The molecule has 0 aromatic rings. The largest absolute Gasteiger partial charge is 0.388 e. The minimum absolute atomic E-state index is 0.360. The third-order valence-corrected chi connectivity index (χ3v) is 2.86. The van der Waals surface area contributed by atoms with E-state index in [0.29, 0.717) is 39.1 Å². The molecule has 1 saturated heterocycles. The molecule has 6 nitrogen and oxygen atoms in total. The van der Waals surface area contributed by atoms with Gasteiger partial charge >= 0.3 is 0 Å². The van der Waals surface area contributed by atoms with Gasteiger partial charge in [-0.2, -0.15) is 0 Å². The molecule has 1 unspecified atom stereocenters. The van der Waals surface area contributed by atoms with Gasteiger partial charge in [0, 0.05) is 39.1 Å². The van der Waals surface area contributed by atoms with Gasteiger partial charge in [-0.3, -0.25) is 4.79 Å². The third-order valence-electron chi connectivity index (χ3n) is 2.86. The average molecular weight is 231 g/mol. The number of carbonyl (C=O) groups is 1. The maximum absolute atomic E-state index is 10.8. The molecule has 0 aromatic heterocycles. The Hall–Kier alpha value is -0.690. The molecule has 1 heterocycles. The minimum Gasteiger partial charge on any atom is -0.388 e. The van der Waals surface area contributed by atoms with E-state index in [2.05, 4.69) is 0 Å². The Labute approximate surface area is 95.5 Å². The van der Waals surface area contributed by atoms with Gasteiger partial charge in [0.2, 0.25) is 5.91 Å². The fourth-order valence-electron chi connectivity index (χ4n) is 1.90. The van der Waals surface area contributed by atoms with Crippen molar-refractivity contribution < 1.29 is 14.6 Å². The predicted octanol–water partition coefficient (Wildman–Crippen LogP) is -1.73. The predicted molar refractivity (Wildman–Crippen MR) is 59.7 cm³/mol. The van der Waals surface area contributed by atoms with Crippen LogP contribution in [0, 0.1) is 0 Å². The maximum Gasteiger partial charge on any atom is 0.235 e. The lowest BCUT2D eigenvalue weighted by atomic mass is 9.94. The van der Waals surface area contributed by atoms with Crippen molar-refractivity contribution in [2.45, 2.75) is 24.5 Å². The molecular formula is C10H21N3O3. The van der Waals surface area contributed by atoms with Gasteiger partial charge in [-0.15, -0.1) is 0 Å². The zero-order valence-electron chi connectivity index (χ0n) is 9.69. The van der Waals surface area contributed by atoms with Crippen molar-refractivity contribution in [3.8, 4) is 0 Å². The molecule has 1 atom stereocenters. The van der Waals surface area contributed by atoms with E-state index in [1.807, 2.05) is 11.9 Å². The fraction of sp³-hybridized carbons (Fsp3) is 0.900. The van der Waals surface area contributed by atoms with Gasteiger partial charge in [-0.05, 0) is 7.05 Å². The van der Waals surface area contributed by atoms with Gasteiger partial charge in [-0.25, -0.2) is 0 Å². The first-order chi connectivity index (χ1) is 7.43. The normalized spacial score (nSPS) is 22.0. The van der Waals surface area contributed by atoms with Crippen LogP contribution in [0.5, 0.6) is 0 Å². The molecule has 0 aromatic carbocycles. The molecule has 0 radical (unpaired) electrons. The van der Waals surface area contributed by atoms with Crippen LogP contribution in [0.1, 0.15) is 12.8 Å². The summed E-state index contributed by atoms with van der Waals surface area (Å²) in [5, 5.41) is 10.2. The first-order valence-corrected chi connectivity index (χ1v) is 5.46. The van der Waals surface area contributed by atoms with Crippen LogP contribution in [0.15, 0.2) is 0 Å². The van der Waals surface area contributed by atoms with Gasteiger partial charge in [-0.1, -0.05) is 0 Å². The number of hydrogen-bond donors (Lipinski definition) is 3. The summed E-state index contributed by atoms with van der Waals surface area (Å²) in [5.41, 5.74) is 9.89. The number of likely N-dealkylation sites (N-methyl/N-ethyl adjacent to an activating group) is 1. The van der Waals surface area contributed by atoms with Crippen LogP contribution < -0.4 is 11.5 Å². The molecule has 0 bridgehead atoms. The third kappa shape index (κ3) is 4.05. The van der Waals surface area contributed by atoms with Crippen molar-refractivity contribution >= 4 is 5.91 Å². The van der Waals surface area contributed by atoms with Crippen LogP contribution in [0.4, 0.5) is 0 Å². The lowest BCUT2D eigenvalue weighted by molar-refractivity contribution is -0.120. The van der Waals surface area contributed by atoms with E-state index in [9.17, 15) is 9.90 Å². The number of hydrogen-bond acceptors (Lipinski definition) is 5. The van der Waals surface area contributed by atoms with Crippen molar-refractivity contribution in [3.05, 3.63) is 0 Å². The lowest BCUT2D eigenvalue weighted by Gasteiger charge is -2.35. The van der Waals surface area contributed by atoms with E-state index < -0.39 is 17.6 Å². The van der Waals surface area contributed by atoms with E-state index in [-0.39, 0.29) is 0 Å². The number of nitrogens with zero attached hydrogens (tertiary/aromatic N) is 1. The van der Waals surface area contributed by atoms with Crippen molar-refractivity contribution in [1.82, 2.24) is 4.90 Å². The molecule has 1 rings (SSSR count). The highest BCUT2D eigenvalue weighted by atomic mass is 16.5. The second kappa shape index (κ2) is 5.58. The van der Waals surface area contributed by atoms with Crippen LogP contribution in [0.3, 0.4) is 0 Å². The Morgan fingerprint density at radius 2 is 2.12 bits per heavy atom. The SMILES string of the molecule is CN(CC(N)C(N)=O)CC1(O)CCOCC1. The van der Waals surface area contributed by atoms with Crippen molar-refractivity contribution in [1.29, 1.82) is 0 Å². The highest BCUT2D eigenvalue weighted by Gasteiger charge is 2.31. The van der Waals surface area contributed by atoms with Crippen LogP contribution in [-0.2, 0) is 9.53 Å². The molecule has 1 amide bonds. The Morgan fingerprint density at radius 3 is 2.62 bits per heavy atom. The van der Waals surface area contributed by atoms with Gasteiger partial charge in [0.05, 0.1) is 11.6 Å². The number of ether oxygens (including phenoxy) is 1. The summed E-state index contributed by atoms with van der Waals surface area (Å²) < 4.78 is 5.19. The summed E-state index contributed by atoms with van der Waals surface area (Å²) in [6.07, 6.45) is 1.23. The molecule has 0 spiro atoms. The Morgan fingerprint density at radius 1 is 1.56 bits per heavy atom. The molecule has 6 heteroatoms. The standard InChI is InChI=1S/C10H21N3O3/c1-13(6-8(11)9(12)14)7-10(15)2-4-16-5-3-10/h8,15H,2-7,11H2,1H3,(H2,12,14). The minimum atomic E-state index is -0.732. The molecule has 5 N–H and O–H groups in total. The van der Waals surface area contributed by atoms with Gasteiger partial charge < -0.3 is 26.2 Å². The van der Waals surface area contributed by atoms with E-state index in [1.54, 1.807) is 0 Å². The summed E-state index contributed by atoms with van der Waals surface area (Å²) in [7, 11) is 1.82. The number of nitrogens with two attached hydrogens (primary N) is 2. The second-order valence-electron chi connectivity index (χ2n) is 4.54. The Balaban J connectivity index is 2.37. The first-order valence-electron chi connectivity index (χ1n) is 5.46. The first kappa shape index (κ1) is 13.4. The molecule has 0 aliphatic carbocycles.